The predicted molar refractivity (Wildman–Crippen MR) is 92.8 cm³/mol. The number of hydrogen-bond acceptors (Lipinski definition) is 3. The maximum Gasteiger partial charge on any atom is 0.274 e. The van der Waals surface area contributed by atoms with Crippen molar-refractivity contribution in [1.82, 2.24) is 15.1 Å². The number of nitrogens with one attached hydrogen (secondary N) is 1. The van der Waals surface area contributed by atoms with Gasteiger partial charge in [0.15, 0.2) is 0 Å². The normalized spacial score (nSPS) is 17.6. The van der Waals surface area contributed by atoms with E-state index in [0.717, 1.165) is 25.2 Å². The summed E-state index contributed by atoms with van der Waals surface area (Å²) in [7, 11) is 0. The maximum atomic E-state index is 12.5. The first-order chi connectivity index (χ1) is 11.6. The molecule has 24 heavy (non-hydrogen) atoms. The van der Waals surface area contributed by atoms with Crippen LogP contribution in [0, 0.1) is 5.92 Å². The quantitative estimate of drug-likeness (QED) is 0.886. The molecule has 1 aliphatic rings. The van der Waals surface area contributed by atoms with Crippen LogP contribution >= 0.6 is 0 Å². The Bertz CT molecular complexity index is 666. The van der Waals surface area contributed by atoms with Crippen molar-refractivity contribution in [3.05, 3.63) is 53.3 Å². The van der Waals surface area contributed by atoms with E-state index in [1.165, 1.54) is 5.56 Å². The van der Waals surface area contributed by atoms with Crippen molar-refractivity contribution in [3.63, 3.8) is 0 Å². The summed E-state index contributed by atoms with van der Waals surface area (Å²) in [5.74, 6) is 0.765. The highest BCUT2D eigenvalue weighted by Crippen LogP contribution is 2.20. The van der Waals surface area contributed by atoms with Gasteiger partial charge in [0, 0.05) is 24.7 Å². The summed E-state index contributed by atoms with van der Waals surface area (Å²) in [6.45, 7) is 7.01. The average Bonchev–Trinajstić information content (AvgIpc) is 3.25. The SMILES string of the molecule is CC(C)c1cc(C(=O)N2CC[C@H](COCc3ccccc3)C2)n[nH]1. The Morgan fingerprint density at radius 3 is 2.88 bits per heavy atom. The molecule has 3 rings (SSSR count). The Balaban J connectivity index is 1.47. The number of carbonyl (C=O) groups is 1. The number of amides is 1. The third-order valence-electron chi connectivity index (χ3n) is 4.48. The van der Waals surface area contributed by atoms with Crippen LogP contribution < -0.4 is 0 Å². The second-order valence-electron chi connectivity index (χ2n) is 6.77. The van der Waals surface area contributed by atoms with Crippen LogP contribution in [0.1, 0.15) is 47.9 Å². The molecular formula is C19H25N3O2. The van der Waals surface area contributed by atoms with E-state index in [0.29, 0.717) is 30.7 Å². The Kier molecular flexibility index (Phi) is 5.30. The van der Waals surface area contributed by atoms with Gasteiger partial charge in [-0.3, -0.25) is 9.89 Å². The van der Waals surface area contributed by atoms with E-state index in [-0.39, 0.29) is 5.91 Å². The fourth-order valence-corrected chi connectivity index (χ4v) is 2.97. The highest BCUT2D eigenvalue weighted by Gasteiger charge is 2.28. The molecule has 1 aromatic heterocycles. The van der Waals surface area contributed by atoms with E-state index in [9.17, 15) is 4.79 Å². The lowest BCUT2D eigenvalue weighted by Crippen LogP contribution is -2.29. The third kappa shape index (κ3) is 4.03. The second kappa shape index (κ2) is 7.62. The summed E-state index contributed by atoms with van der Waals surface area (Å²) in [4.78, 5) is 14.4. The smallest absolute Gasteiger partial charge is 0.274 e. The van der Waals surface area contributed by atoms with Crippen LogP contribution in [-0.4, -0.2) is 40.7 Å². The highest BCUT2D eigenvalue weighted by molar-refractivity contribution is 5.92. The fourth-order valence-electron chi connectivity index (χ4n) is 2.97. The number of ether oxygens (including phenoxy) is 1. The molecule has 2 heterocycles. The summed E-state index contributed by atoms with van der Waals surface area (Å²) in [6.07, 6.45) is 0.988. The van der Waals surface area contributed by atoms with E-state index >= 15 is 0 Å². The summed E-state index contributed by atoms with van der Waals surface area (Å²) >= 11 is 0. The predicted octanol–water partition coefficient (Wildman–Crippen LogP) is 3.21. The minimum atomic E-state index is 0.0173. The average molecular weight is 327 g/mol. The molecule has 1 amide bonds. The lowest BCUT2D eigenvalue weighted by molar-refractivity contribution is 0.0728. The Morgan fingerprint density at radius 2 is 2.17 bits per heavy atom. The van der Waals surface area contributed by atoms with Crippen molar-refractivity contribution < 1.29 is 9.53 Å². The van der Waals surface area contributed by atoms with Gasteiger partial charge in [-0.05, 0) is 24.0 Å². The van der Waals surface area contributed by atoms with E-state index < -0.39 is 0 Å². The molecule has 1 atom stereocenters. The lowest BCUT2D eigenvalue weighted by Gasteiger charge is -2.15. The monoisotopic (exact) mass is 327 g/mol. The topological polar surface area (TPSA) is 58.2 Å². The van der Waals surface area contributed by atoms with Crippen LogP contribution in [0.4, 0.5) is 0 Å². The lowest BCUT2D eigenvalue weighted by atomic mass is 10.1. The van der Waals surface area contributed by atoms with Crippen LogP contribution in [0.15, 0.2) is 36.4 Å². The fraction of sp³-hybridized carbons (Fsp3) is 0.474. The van der Waals surface area contributed by atoms with Crippen LogP contribution in [0.5, 0.6) is 0 Å². The standard InChI is InChI=1S/C19H25N3O2/c1-14(2)17-10-18(21-20-17)19(23)22-9-8-16(11-22)13-24-12-15-6-4-3-5-7-15/h3-7,10,14,16H,8-9,11-13H2,1-2H3,(H,20,21)/t16-/m0/s1. The molecule has 0 bridgehead atoms. The van der Waals surface area contributed by atoms with Gasteiger partial charge in [0.25, 0.3) is 5.91 Å². The Hall–Kier alpha value is -2.14. The Labute approximate surface area is 143 Å². The van der Waals surface area contributed by atoms with Gasteiger partial charge in [-0.25, -0.2) is 0 Å². The molecule has 0 spiro atoms. The number of nitrogens with zero attached hydrogens (tertiary/aromatic N) is 2. The van der Waals surface area contributed by atoms with Crippen LogP contribution in [0.25, 0.3) is 0 Å². The molecule has 0 unspecified atom stereocenters. The van der Waals surface area contributed by atoms with Crippen molar-refractivity contribution in [2.24, 2.45) is 5.92 Å². The van der Waals surface area contributed by atoms with Crippen molar-refractivity contribution in [2.45, 2.75) is 32.8 Å². The molecule has 1 aromatic carbocycles. The van der Waals surface area contributed by atoms with Gasteiger partial charge in [-0.2, -0.15) is 5.10 Å². The first-order valence-corrected chi connectivity index (χ1v) is 8.59. The maximum absolute atomic E-state index is 12.5. The van der Waals surface area contributed by atoms with Gasteiger partial charge >= 0.3 is 0 Å². The molecule has 0 saturated carbocycles. The number of aromatic amines is 1. The van der Waals surface area contributed by atoms with Gasteiger partial charge in [-0.1, -0.05) is 44.2 Å². The van der Waals surface area contributed by atoms with E-state index in [4.69, 9.17) is 4.74 Å². The van der Waals surface area contributed by atoms with Gasteiger partial charge in [0.05, 0.1) is 13.2 Å². The van der Waals surface area contributed by atoms with Gasteiger partial charge in [0.1, 0.15) is 5.69 Å². The molecule has 1 N–H and O–H groups in total. The van der Waals surface area contributed by atoms with Crippen molar-refractivity contribution >= 4 is 5.91 Å². The van der Waals surface area contributed by atoms with Crippen LogP contribution in [0.2, 0.25) is 0 Å². The first kappa shape index (κ1) is 16.7. The van der Waals surface area contributed by atoms with E-state index in [1.807, 2.05) is 29.2 Å². The van der Waals surface area contributed by atoms with Crippen molar-refractivity contribution in [2.75, 3.05) is 19.7 Å². The molecule has 5 nitrogen and oxygen atoms in total. The van der Waals surface area contributed by atoms with Crippen LogP contribution in [-0.2, 0) is 11.3 Å². The zero-order valence-corrected chi connectivity index (χ0v) is 14.4. The van der Waals surface area contributed by atoms with Crippen molar-refractivity contribution in [1.29, 1.82) is 0 Å². The summed E-state index contributed by atoms with van der Waals surface area (Å²) in [5, 5.41) is 7.11. The van der Waals surface area contributed by atoms with Gasteiger partial charge < -0.3 is 9.64 Å². The third-order valence-corrected chi connectivity index (χ3v) is 4.48. The van der Waals surface area contributed by atoms with Crippen LogP contribution in [0.3, 0.4) is 0 Å². The first-order valence-electron chi connectivity index (χ1n) is 8.59. The summed E-state index contributed by atoms with van der Waals surface area (Å²) in [5.41, 5.74) is 2.70. The number of rotatable bonds is 6. The van der Waals surface area contributed by atoms with E-state index in [2.05, 4.69) is 36.2 Å². The minimum absolute atomic E-state index is 0.0173. The zero-order valence-electron chi connectivity index (χ0n) is 14.4. The number of likely N-dealkylation sites (tertiary alicyclic amines) is 1. The molecule has 1 saturated heterocycles. The minimum Gasteiger partial charge on any atom is -0.376 e. The highest BCUT2D eigenvalue weighted by atomic mass is 16.5. The number of aromatic nitrogens is 2. The van der Waals surface area contributed by atoms with Gasteiger partial charge in [0.2, 0.25) is 0 Å². The van der Waals surface area contributed by atoms with Gasteiger partial charge in [-0.15, -0.1) is 0 Å². The molecular weight excluding hydrogens is 302 g/mol. The second-order valence-corrected chi connectivity index (χ2v) is 6.77. The molecule has 1 aliphatic heterocycles. The number of H-pyrrole nitrogens is 1. The molecule has 1 fully saturated rings. The molecule has 128 valence electrons. The largest absolute Gasteiger partial charge is 0.376 e. The molecule has 2 aromatic rings. The summed E-state index contributed by atoms with van der Waals surface area (Å²) in [6, 6.07) is 12.0. The number of hydrogen-bond donors (Lipinski definition) is 1. The molecule has 5 heteroatoms. The zero-order chi connectivity index (χ0) is 16.9. The van der Waals surface area contributed by atoms with E-state index in [1.54, 1.807) is 0 Å². The Morgan fingerprint density at radius 1 is 1.38 bits per heavy atom. The number of carbonyl (C=O) groups excluding carboxylic acids is 1. The number of benzene rings is 1. The molecule has 0 aliphatic carbocycles. The molecule has 0 radical (unpaired) electrons. The van der Waals surface area contributed by atoms with Crippen molar-refractivity contribution in [3.8, 4) is 0 Å². The summed E-state index contributed by atoms with van der Waals surface area (Å²) < 4.78 is 5.81.